The van der Waals surface area contributed by atoms with Crippen LogP contribution in [0.2, 0.25) is 15.1 Å². The molecule has 1 atom stereocenters. The highest BCUT2D eigenvalue weighted by atomic mass is 35.5. The van der Waals surface area contributed by atoms with Crippen molar-refractivity contribution in [2.24, 2.45) is 4.99 Å². The van der Waals surface area contributed by atoms with Crippen LogP contribution in [0.3, 0.4) is 0 Å². The predicted molar refractivity (Wildman–Crippen MR) is 170 cm³/mol. The van der Waals surface area contributed by atoms with Crippen molar-refractivity contribution in [3.8, 4) is 11.5 Å². The van der Waals surface area contributed by atoms with Gasteiger partial charge in [0.2, 0.25) is 0 Å². The van der Waals surface area contributed by atoms with Gasteiger partial charge in [0.1, 0.15) is 6.61 Å². The van der Waals surface area contributed by atoms with Gasteiger partial charge in [-0.15, -0.1) is 0 Å². The first kappa shape index (κ1) is 30.9. The monoisotopic (exact) mass is 656 g/mol. The second kappa shape index (κ2) is 13.0. The number of carbonyl (C=O) groups excluding carboxylic acids is 1. The van der Waals surface area contributed by atoms with Gasteiger partial charge in [-0.05, 0) is 62.2 Å². The highest BCUT2D eigenvalue weighted by Gasteiger charge is 2.33. The lowest BCUT2D eigenvalue weighted by Gasteiger charge is -2.24. The van der Waals surface area contributed by atoms with Crippen molar-refractivity contribution in [1.82, 2.24) is 4.57 Å². The Morgan fingerprint density at radius 3 is 2.47 bits per heavy atom. The molecule has 0 saturated carbocycles. The van der Waals surface area contributed by atoms with Gasteiger partial charge in [0, 0.05) is 15.6 Å². The van der Waals surface area contributed by atoms with Gasteiger partial charge in [0.05, 0.1) is 40.6 Å². The van der Waals surface area contributed by atoms with Gasteiger partial charge in [-0.1, -0.05) is 82.0 Å². The lowest BCUT2D eigenvalue weighted by Crippen LogP contribution is -2.39. The van der Waals surface area contributed by atoms with Crippen molar-refractivity contribution in [2.75, 3.05) is 13.7 Å². The molecule has 0 saturated heterocycles. The maximum Gasteiger partial charge on any atom is 0.338 e. The highest BCUT2D eigenvalue weighted by molar-refractivity contribution is 7.07. The Kier molecular flexibility index (Phi) is 9.32. The number of hydrogen-bond acceptors (Lipinski definition) is 7. The molecule has 5 rings (SSSR count). The van der Waals surface area contributed by atoms with E-state index in [9.17, 15) is 9.59 Å². The standard InChI is InChI=1S/C32H27Cl3N2O5S/c1-5-41-31(39)27-18(3)36-32-37(28(27)20-8-6-17(2)7-9-20)30(38)26(43-32)14-19-12-24(35)29(25(13-19)40-4)42-16-21-10-11-22(33)15-23(21)34/h6-15,28H,5,16H2,1-4H3/b26-14+/t28-/m1/s1. The van der Waals surface area contributed by atoms with Crippen molar-refractivity contribution in [3.05, 3.63) is 123 Å². The number of hydrogen-bond donors (Lipinski definition) is 0. The van der Waals surface area contributed by atoms with Gasteiger partial charge in [0.25, 0.3) is 5.56 Å². The van der Waals surface area contributed by atoms with E-state index in [1.54, 1.807) is 54.8 Å². The fraction of sp³-hybridized carbons (Fsp3) is 0.219. The summed E-state index contributed by atoms with van der Waals surface area (Å²) in [5, 5.41) is 1.29. The molecule has 1 aliphatic rings. The first-order chi connectivity index (χ1) is 20.6. The molecule has 3 aromatic carbocycles. The van der Waals surface area contributed by atoms with Crippen LogP contribution in [0.5, 0.6) is 11.5 Å². The van der Waals surface area contributed by atoms with Gasteiger partial charge in [-0.2, -0.15) is 0 Å². The summed E-state index contributed by atoms with van der Waals surface area (Å²) in [4.78, 5) is 32.1. The third-order valence-electron chi connectivity index (χ3n) is 6.85. The number of thiazole rings is 1. The quantitative estimate of drug-likeness (QED) is 0.198. The van der Waals surface area contributed by atoms with E-state index in [1.165, 1.54) is 18.4 Å². The number of aryl methyl sites for hydroxylation is 1. The molecule has 1 aliphatic heterocycles. The number of halogens is 3. The molecule has 11 heteroatoms. The lowest BCUT2D eigenvalue weighted by atomic mass is 9.95. The molecule has 0 aliphatic carbocycles. The minimum absolute atomic E-state index is 0.144. The molecule has 43 heavy (non-hydrogen) atoms. The molecular formula is C32H27Cl3N2O5S. The minimum Gasteiger partial charge on any atom is -0.493 e. The highest BCUT2D eigenvalue weighted by Crippen LogP contribution is 2.38. The number of fused-ring (bicyclic) bond motifs is 1. The molecule has 2 heterocycles. The van der Waals surface area contributed by atoms with E-state index >= 15 is 0 Å². The third-order valence-corrected chi connectivity index (χ3v) is 8.70. The minimum atomic E-state index is -0.688. The number of ether oxygens (including phenoxy) is 3. The van der Waals surface area contributed by atoms with E-state index in [0.29, 0.717) is 52.7 Å². The zero-order valence-electron chi connectivity index (χ0n) is 23.7. The van der Waals surface area contributed by atoms with E-state index in [2.05, 4.69) is 4.99 Å². The molecule has 7 nitrogen and oxygen atoms in total. The number of methoxy groups -OCH3 is 1. The largest absolute Gasteiger partial charge is 0.493 e. The summed E-state index contributed by atoms with van der Waals surface area (Å²) < 4.78 is 18.9. The Balaban J connectivity index is 1.56. The summed E-state index contributed by atoms with van der Waals surface area (Å²) in [6, 6.07) is 15.6. The van der Waals surface area contributed by atoms with Gasteiger partial charge in [-0.25, -0.2) is 9.79 Å². The van der Waals surface area contributed by atoms with Crippen LogP contribution in [0, 0.1) is 6.92 Å². The number of rotatable bonds is 8. The zero-order valence-corrected chi connectivity index (χ0v) is 26.8. The molecule has 222 valence electrons. The second-order valence-corrected chi connectivity index (χ2v) is 12.0. The van der Waals surface area contributed by atoms with E-state index in [0.717, 1.165) is 16.7 Å². The van der Waals surface area contributed by atoms with E-state index in [-0.39, 0.29) is 18.8 Å². The molecule has 0 fully saturated rings. The molecule has 1 aromatic heterocycles. The maximum atomic E-state index is 13.9. The number of allylic oxidation sites excluding steroid dienone is 1. The van der Waals surface area contributed by atoms with Crippen LogP contribution in [-0.2, 0) is 16.1 Å². The second-order valence-electron chi connectivity index (χ2n) is 9.77. The Bertz CT molecular complexity index is 1930. The summed E-state index contributed by atoms with van der Waals surface area (Å²) in [6.45, 7) is 5.82. The lowest BCUT2D eigenvalue weighted by molar-refractivity contribution is -0.139. The fourth-order valence-electron chi connectivity index (χ4n) is 4.76. The predicted octanol–water partition coefficient (Wildman–Crippen LogP) is 6.65. The van der Waals surface area contributed by atoms with Crippen LogP contribution < -0.4 is 24.4 Å². The van der Waals surface area contributed by atoms with E-state index in [1.807, 2.05) is 31.2 Å². The van der Waals surface area contributed by atoms with Crippen LogP contribution in [0.4, 0.5) is 0 Å². The van der Waals surface area contributed by atoms with Gasteiger partial charge < -0.3 is 14.2 Å². The SMILES string of the molecule is CCOC(=O)C1=C(C)N=c2s/c(=C/c3cc(Cl)c(OCc4ccc(Cl)cc4Cl)c(OC)c3)c(=O)n2[C@@H]1c1ccc(C)cc1. The first-order valence-corrected chi connectivity index (χ1v) is 15.3. The summed E-state index contributed by atoms with van der Waals surface area (Å²) in [6.07, 6.45) is 1.72. The number of aromatic nitrogens is 1. The zero-order chi connectivity index (χ0) is 30.8. The molecule has 4 aromatic rings. The van der Waals surface area contributed by atoms with E-state index in [4.69, 9.17) is 49.0 Å². The van der Waals surface area contributed by atoms with Crippen molar-refractivity contribution in [3.63, 3.8) is 0 Å². The van der Waals surface area contributed by atoms with Gasteiger partial charge >= 0.3 is 5.97 Å². The molecule has 0 bridgehead atoms. The van der Waals surface area contributed by atoms with Gasteiger partial charge in [0.15, 0.2) is 16.3 Å². The smallest absolute Gasteiger partial charge is 0.338 e. The molecular weight excluding hydrogens is 631 g/mol. The topological polar surface area (TPSA) is 79.1 Å². The average molecular weight is 658 g/mol. The van der Waals surface area contributed by atoms with Crippen molar-refractivity contribution >= 4 is 58.2 Å². The Hall–Kier alpha value is -3.56. The molecule has 0 unspecified atom stereocenters. The van der Waals surface area contributed by atoms with Gasteiger partial charge in [-0.3, -0.25) is 9.36 Å². The summed E-state index contributed by atoms with van der Waals surface area (Å²) >= 11 is 20.1. The number of nitrogens with zero attached hydrogens (tertiary/aromatic N) is 2. The van der Waals surface area contributed by atoms with Crippen LogP contribution in [0.1, 0.15) is 42.1 Å². The Morgan fingerprint density at radius 1 is 1.05 bits per heavy atom. The fourth-order valence-corrected chi connectivity index (χ4v) is 6.54. The first-order valence-electron chi connectivity index (χ1n) is 13.3. The molecule has 0 N–H and O–H groups in total. The summed E-state index contributed by atoms with van der Waals surface area (Å²) in [5.41, 5.74) is 3.73. The van der Waals surface area contributed by atoms with Crippen LogP contribution in [-0.4, -0.2) is 24.3 Å². The average Bonchev–Trinajstić information content (AvgIpc) is 3.26. The van der Waals surface area contributed by atoms with Crippen molar-refractivity contribution in [2.45, 2.75) is 33.4 Å². The molecule has 0 spiro atoms. The normalized spacial score (nSPS) is 14.8. The number of benzene rings is 3. The van der Waals surface area contributed by atoms with Crippen LogP contribution in [0.15, 0.2) is 75.7 Å². The summed E-state index contributed by atoms with van der Waals surface area (Å²) in [7, 11) is 1.51. The van der Waals surface area contributed by atoms with E-state index < -0.39 is 12.0 Å². The third kappa shape index (κ3) is 6.38. The summed E-state index contributed by atoms with van der Waals surface area (Å²) in [5.74, 6) is 0.216. The number of esters is 1. The maximum absolute atomic E-state index is 13.9. The Labute approximate surface area is 267 Å². The Morgan fingerprint density at radius 2 is 1.79 bits per heavy atom. The molecule has 0 amide bonds. The van der Waals surface area contributed by atoms with Crippen LogP contribution >= 0.6 is 46.1 Å². The molecule has 0 radical (unpaired) electrons. The van der Waals surface area contributed by atoms with Crippen molar-refractivity contribution in [1.29, 1.82) is 0 Å². The van der Waals surface area contributed by atoms with Crippen molar-refractivity contribution < 1.29 is 19.0 Å². The number of carbonyl (C=O) groups is 1. The van der Waals surface area contributed by atoms with Crippen LogP contribution in [0.25, 0.3) is 6.08 Å².